The van der Waals surface area contributed by atoms with Crippen molar-refractivity contribution < 1.29 is 28.9 Å². The Bertz CT molecular complexity index is 1510. The Balaban J connectivity index is 1.24. The number of cyclic esters (lactones) is 2. The van der Waals surface area contributed by atoms with E-state index in [1.807, 2.05) is 35.6 Å². The number of anilines is 1. The van der Waals surface area contributed by atoms with E-state index in [9.17, 15) is 14.7 Å². The van der Waals surface area contributed by atoms with Gasteiger partial charge in [-0.1, -0.05) is 17.7 Å². The fourth-order valence-electron chi connectivity index (χ4n) is 5.19. The van der Waals surface area contributed by atoms with Crippen molar-refractivity contribution in [3.63, 3.8) is 0 Å². The van der Waals surface area contributed by atoms with E-state index < -0.39 is 24.0 Å². The first-order valence-corrected chi connectivity index (χ1v) is 13.3. The highest BCUT2D eigenvalue weighted by Crippen LogP contribution is 2.41. The number of benzene rings is 2. The summed E-state index contributed by atoms with van der Waals surface area (Å²) in [6.45, 7) is 4.42. The van der Waals surface area contributed by atoms with Crippen molar-refractivity contribution in [1.29, 1.82) is 0 Å². The molecule has 37 heavy (non-hydrogen) atoms. The maximum absolute atomic E-state index is 11.7. The summed E-state index contributed by atoms with van der Waals surface area (Å²) in [4.78, 5) is 30.6. The van der Waals surface area contributed by atoms with Crippen LogP contribution in [0.15, 0.2) is 48.5 Å². The third kappa shape index (κ3) is 4.21. The zero-order valence-corrected chi connectivity index (χ0v) is 21.8. The summed E-state index contributed by atoms with van der Waals surface area (Å²) in [7, 11) is 0. The van der Waals surface area contributed by atoms with Gasteiger partial charge in [0.1, 0.15) is 11.6 Å². The second kappa shape index (κ2) is 8.93. The average Bonchev–Trinajstić information content (AvgIpc) is 3.55. The van der Waals surface area contributed by atoms with Crippen molar-refractivity contribution >= 4 is 61.7 Å². The molecule has 2 saturated heterocycles. The number of hydrogen-bond donors (Lipinski definition) is 2. The lowest BCUT2D eigenvalue weighted by atomic mass is 9.90. The number of fused-ring (bicyclic) bond motifs is 2. The monoisotopic (exact) mass is 540 g/mol. The van der Waals surface area contributed by atoms with Gasteiger partial charge in [0.05, 0.1) is 5.52 Å². The lowest BCUT2D eigenvalue weighted by Crippen LogP contribution is -2.47. The second-order valence-electron chi connectivity index (χ2n) is 9.63. The molecule has 0 amide bonds. The number of aromatic amines is 1. The van der Waals surface area contributed by atoms with Crippen LogP contribution in [-0.4, -0.2) is 46.7 Å². The molecule has 0 unspecified atom stereocenters. The van der Waals surface area contributed by atoms with Gasteiger partial charge in [0, 0.05) is 32.6 Å². The van der Waals surface area contributed by atoms with E-state index in [0.29, 0.717) is 17.1 Å². The van der Waals surface area contributed by atoms with Crippen LogP contribution in [0.4, 0.5) is 5.82 Å². The van der Waals surface area contributed by atoms with Crippen LogP contribution < -0.4 is 9.64 Å². The zero-order valence-electron chi connectivity index (χ0n) is 20.2. The number of aliphatic hydroxyl groups excluding tert-OH is 1. The third-order valence-corrected chi connectivity index (χ3v) is 8.61. The average molecular weight is 541 g/mol. The molecule has 2 aromatic carbocycles. The summed E-state index contributed by atoms with van der Waals surface area (Å²) in [6.07, 6.45) is 0.623. The molecule has 2 N–H and O–H groups in total. The highest BCUT2D eigenvalue weighted by molar-refractivity contribution is 7.19. The molecule has 4 heterocycles. The van der Waals surface area contributed by atoms with Crippen LogP contribution >= 0.6 is 22.9 Å². The number of esters is 2. The maximum atomic E-state index is 11.7. The van der Waals surface area contributed by atoms with Gasteiger partial charge in [-0.2, -0.15) is 0 Å². The predicted molar refractivity (Wildman–Crippen MR) is 141 cm³/mol. The van der Waals surface area contributed by atoms with Crippen LogP contribution in [-0.2, 0) is 19.1 Å². The van der Waals surface area contributed by atoms with Gasteiger partial charge in [0.2, 0.25) is 0 Å². The van der Waals surface area contributed by atoms with Crippen LogP contribution in [0.5, 0.6) is 5.75 Å². The Morgan fingerprint density at radius 1 is 1.19 bits per heavy atom. The Morgan fingerprint density at radius 2 is 1.97 bits per heavy atom. The number of nitrogens with one attached hydrogen (secondary N) is 1. The number of H-pyrrole nitrogens is 1. The number of aliphatic hydroxyl groups is 1. The van der Waals surface area contributed by atoms with Crippen molar-refractivity contribution in [3.8, 4) is 5.75 Å². The van der Waals surface area contributed by atoms with E-state index in [-0.39, 0.29) is 6.04 Å². The summed E-state index contributed by atoms with van der Waals surface area (Å²) in [5.74, 6) is -2.91. The third-order valence-electron chi connectivity index (χ3n) is 7.10. The van der Waals surface area contributed by atoms with Gasteiger partial charge in [0.25, 0.3) is 0 Å². The minimum Gasteiger partial charge on any atom is -0.418 e. The first-order valence-electron chi connectivity index (χ1n) is 12.1. The first kappa shape index (κ1) is 24.1. The van der Waals surface area contributed by atoms with Crippen LogP contribution in [0.25, 0.3) is 21.0 Å². The van der Waals surface area contributed by atoms with Crippen LogP contribution in [0.1, 0.15) is 37.5 Å². The number of halogens is 1. The van der Waals surface area contributed by atoms with Gasteiger partial charge in [0.15, 0.2) is 6.10 Å². The minimum absolute atomic E-state index is 0.283. The van der Waals surface area contributed by atoms with Crippen molar-refractivity contribution in [3.05, 3.63) is 58.4 Å². The number of carbonyl (C=O) groups is 2. The maximum Gasteiger partial charge on any atom is 0.449 e. The highest BCUT2D eigenvalue weighted by atomic mass is 35.5. The number of hydrogen-bond acceptors (Lipinski definition) is 8. The van der Waals surface area contributed by atoms with Gasteiger partial charge < -0.3 is 29.2 Å². The molecule has 2 aliphatic heterocycles. The molecule has 0 spiro atoms. The van der Waals surface area contributed by atoms with E-state index in [1.165, 1.54) is 21.9 Å². The molecule has 0 radical (unpaired) electrons. The standard InChI is InChI=1S/C27H25ClN2O6S/c1-14-10-16(23-12-17-11-18(28)6-7-22(17)37-23)8-9-30(14)24-13-19-20(29-24)4-3-5-21(19)34-27(15(2)31)35-25(32)26(33)36-27/h3-7,11-16,29,31H,8-10H2,1-2H3/t14-,15-,16+/m0/s1. The number of thiophene rings is 1. The molecule has 2 aromatic heterocycles. The normalized spacial score (nSPS) is 22.3. The summed E-state index contributed by atoms with van der Waals surface area (Å²) in [5.41, 5.74) is 0.805. The van der Waals surface area contributed by atoms with Crippen molar-refractivity contribution in [2.45, 2.75) is 50.7 Å². The Labute approximate surface area is 221 Å². The molecular formula is C27H25ClN2O6S. The lowest BCUT2D eigenvalue weighted by molar-refractivity contribution is -0.313. The van der Waals surface area contributed by atoms with Gasteiger partial charge in [-0.05, 0) is 80.5 Å². The minimum atomic E-state index is -2.22. The summed E-state index contributed by atoms with van der Waals surface area (Å²) >= 11 is 8.02. The predicted octanol–water partition coefficient (Wildman–Crippen LogP) is 5.32. The van der Waals surface area contributed by atoms with E-state index in [4.69, 9.17) is 25.8 Å². The molecule has 0 bridgehead atoms. The molecular weight excluding hydrogens is 516 g/mol. The lowest BCUT2D eigenvalue weighted by Gasteiger charge is -2.38. The number of aromatic nitrogens is 1. The number of nitrogens with zero attached hydrogens (tertiary/aromatic N) is 1. The quantitative estimate of drug-likeness (QED) is 0.261. The summed E-state index contributed by atoms with van der Waals surface area (Å²) in [5, 5.41) is 12.9. The number of piperidine rings is 1. The fourth-order valence-corrected chi connectivity index (χ4v) is 6.57. The Morgan fingerprint density at radius 3 is 2.70 bits per heavy atom. The van der Waals surface area contributed by atoms with Crippen LogP contribution in [0.3, 0.4) is 0 Å². The zero-order chi connectivity index (χ0) is 25.9. The molecule has 0 saturated carbocycles. The van der Waals surface area contributed by atoms with E-state index >= 15 is 0 Å². The molecule has 0 aliphatic carbocycles. The highest BCUT2D eigenvalue weighted by Gasteiger charge is 2.56. The molecule has 2 fully saturated rings. The number of carbonyl (C=O) groups excluding carboxylic acids is 2. The molecule has 6 rings (SSSR count). The fraction of sp³-hybridized carbons (Fsp3) is 0.333. The van der Waals surface area contributed by atoms with Crippen LogP contribution in [0, 0.1) is 0 Å². The van der Waals surface area contributed by atoms with E-state index in [2.05, 4.69) is 28.9 Å². The smallest absolute Gasteiger partial charge is 0.418 e. The van der Waals surface area contributed by atoms with Crippen molar-refractivity contribution in [2.24, 2.45) is 0 Å². The van der Waals surface area contributed by atoms with Crippen LogP contribution in [0.2, 0.25) is 5.02 Å². The SMILES string of the molecule is C[C@H](O)C1(Oc2cccc3[nH]c(N4CC[C@@H](c5cc6cc(Cl)ccc6s5)C[C@@H]4C)cc23)OC(=O)C(=O)O1. The molecule has 192 valence electrons. The van der Waals surface area contributed by atoms with Gasteiger partial charge in [-0.15, -0.1) is 11.3 Å². The van der Waals surface area contributed by atoms with Gasteiger partial charge in [-0.25, -0.2) is 9.59 Å². The molecule has 8 nitrogen and oxygen atoms in total. The number of rotatable bonds is 5. The molecule has 2 aliphatic rings. The van der Waals surface area contributed by atoms with Gasteiger partial charge in [-0.3, -0.25) is 0 Å². The molecule has 10 heteroatoms. The van der Waals surface area contributed by atoms with E-state index in [0.717, 1.165) is 35.7 Å². The summed E-state index contributed by atoms with van der Waals surface area (Å²) in [6, 6.07) is 15.9. The number of ether oxygens (including phenoxy) is 3. The Kier molecular flexibility index (Phi) is 5.82. The Hall–Kier alpha value is -3.27. The van der Waals surface area contributed by atoms with E-state index in [1.54, 1.807) is 12.1 Å². The van der Waals surface area contributed by atoms with Crippen molar-refractivity contribution in [2.75, 3.05) is 11.4 Å². The second-order valence-corrected chi connectivity index (χ2v) is 11.2. The van der Waals surface area contributed by atoms with Crippen molar-refractivity contribution in [1.82, 2.24) is 4.98 Å². The molecule has 4 aromatic rings. The molecule has 3 atom stereocenters. The largest absolute Gasteiger partial charge is 0.449 e. The topological polar surface area (TPSA) is 101 Å². The summed E-state index contributed by atoms with van der Waals surface area (Å²) < 4.78 is 17.1. The first-order chi connectivity index (χ1) is 17.7. The van der Waals surface area contributed by atoms with Gasteiger partial charge >= 0.3 is 17.9 Å².